The molecule has 1 aliphatic rings. The Bertz CT molecular complexity index is 596. The standard InChI is InChI=1S/C14H18BNO4/c17-15(18)5-2-1-3-6-16-7-4-11-8-13-14(9-12(11)16)20-10-19-13/h4,7-9,17-18H,1-3,5-6,10H2. The summed E-state index contributed by atoms with van der Waals surface area (Å²) in [6.45, 7) is 1.22. The minimum Gasteiger partial charge on any atom is -0.454 e. The lowest BCUT2D eigenvalue weighted by atomic mass is 9.83. The average Bonchev–Trinajstić information content (AvgIpc) is 3.02. The van der Waals surface area contributed by atoms with E-state index in [2.05, 4.69) is 16.8 Å². The first-order valence-corrected chi connectivity index (χ1v) is 6.98. The molecule has 106 valence electrons. The second-order valence-corrected chi connectivity index (χ2v) is 5.10. The van der Waals surface area contributed by atoms with E-state index in [0.29, 0.717) is 13.1 Å². The van der Waals surface area contributed by atoms with E-state index in [4.69, 9.17) is 19.5 Å². The van der Waals surface area contributed by atoms with E-state index in [1.807, 2.05) is 12.1 Å². The first kappa shape index (κ1) is 13.3. The Hall–Kier alpha value is -1.66. The van der Waals surface area contributed by atoms with Gasteiger partial charge >= 0.3 is 7.12 Å². The highest BCUT2D eigenvalue weighted by Crippen LogP contribution is 2.36. The highest BCUT2D eigenvalue weighted by Gasteiger charge is 2.15. The lowest BCUT2D eigenvalue weighted by molar-refractivity contribution is 0.174. The van der Waals surface area contributed by atoms with E-state index in [0.717, 1.165) is 48.2 Å². The summed E-state index contributed by atoms with van der Waals surface area (Å²) >= 11 is 0. The third-order valence-electron chi connectivity index (χ3n) is 3.63. The third kappa shape index (κ3) is 2.76. The molecule has 0 radical (unpaired) electrons. The van der Waals surface area contributed by atoms with Crippen molar-refractivity contribution >= 4 is 18.0 Å². The predicted molar refractivity (Wildman–Crippen MR) is 76.9 cm³/mol. The molecule has 0 saturated carbocycles. The SMILES string of the molecule is OB(O)CCCCCn1ccc2cc3c(cc21)OCO3. The van der Waals surface area contributed by atoms with Crippen LogP contribution in [0, 0.1) is 0 Å². The maximum atomic E-state index is 8.79. The smallest absolute Gasteiger partial charge is 0.451 e. The van der Waals surface area contributed by atoms with Gasteiger partial charge in [-0.2, -0.15) is 0 Å². The van der Waals surface area contributed by atoms with Gasteiger partial charge in [-0.1, -0.05) is 12.8 Å². The molecule has 0 atom stereocenters. The monoisotopic (exact) mass is 275 g/mol. The molecule has 0 bridgehead atoms. The quantitative estimate of drug-likeness (QED) is 0.625. The number of fused-ring (bicyclic) bond motifs is 2. The number of benzene rings is 1. The van der Waals surface area contributed by atoms with Gasteiger partial charge in [-0.3, -0.25) is 0 Å². The molecule has 3 rings (SSSR count). The van der Waals surface area contributed by atoms with Crippen molar-refractivity contribution in [1.29, 1.82) is 0 Å². The third-order valence-corrected chi connectivity index (χ3v) is 3.63. The molecular formula is C14H18BNO4. The Kier molecular flexibility index (Phi) is 3.85. The van der Waals surface area contributed by atoms with Gasteiger partial charge < -0.3 is 24.1 Å². The summed E-state index contributed by atoms with van der Waals surface area (Å²) < 4.78 is 13.0. The highest BCUT2D eigenvalue weighted by atomic mass is 16.7. The minimum atomic E-state index is -1.18. The van der Waals surface area contributed by atoms with Crippen LogP contribution in [0.1, 0.15) is 19.3 Å². The summed E-state index contributed by atoms with van der Waals surface area (Å²) in [5.74, 6) is 1.62. The fourth-order valence-corrected chi connectivity index (χ4v) is 2.56. The maximum absolute atomic E-state index is 8.79. The molecule has 0 fully saturated rings. The molecule has 0 spiro atoms. The van der Waals surface area contributed by atoms with E-state index >= 15 is 0 Å². The Morgan fingerprint density at radius 2 is 1.90 bits per heavy atom. The van der Waals surface area contributed by atoms with Gasteiger partial charge in [0.1, 0.15) is 0 Å². The van der Waals surface area contributed by atoms with Crippen LogP contribution < -0.4 is 9.47 Å². The molecule has 1 aromatic heterocycles. The fraction of sp³-hybridized carbons (Fsp3) is 0.429. The number of unbranched alkanes of at least 4 members (excludes halogenated alkanes) is 2. The predicted octanol–water partition coefficient (Wildman–Crippen LogP) is 2.01. The van der Waals surface area contributed by atoms with E-state index in [-0.39, 0.29) is 0 Å². The van der Waals surface area contributed by atoms with Crippen LogP contribution in [0.2, 0.25) is 6.32 Å². The van der Waals surface area contributed by atoms with Crippen molar-refractivity contribution in [2.75, 3.05) is 6.79 Å². The van der Waals surface area contributed by atoms with Gasteiger partial charge in [-0.15, -0.1) is 0 Å². The normalized spacial score (nSPS) is 13.1. The molecular weight excluding hydrogens is 257 g/mol. The molecule has 6 heteroatoms. The molecule has 0 aliphatic carbocycles. The molecule has 0 amide bonds. The van der Waals surface area contributed by atoms with Crippen LogP contribution in [0.4, 0.5) is 0 Å². The van der Waals surface area contributed by atoms with Crippen molar-refractivity contribution < 1.29 is 19.5 Å². The van der Waals surface area contributed by atoms with E-state index in [1.54, 1.807) is 0 Å². The summed E-state index contributed by atoms with van der Waals surface area (Å²) in [6, 6.07) is 6.11. The largest absolute Gasteiger partial charge is 0.454 e. The van der Waals surface area contributed by atoms with E-state index in [1.165, 1.54) is 0 Å². The number of aryl methyl sites for hydroxylation is 1. The number of hydrogen-bond donors (Lipinski definition) is 2. The van der Waals surface area contributed by atoms with Crippen LogP contribution >= 0.6 is 0 Å². The molecule has 0 saturated heterocycles. The fourth-order valence-electron chi connectivity index (χ4n) is 2.56. The Morgan fingerprint density at radius 3 is 2.70 bits per heavy atom. The topological polar surface area (TPSA) is 63.9 Å². The van der Waals surface area contributed by atoms with Crippen molar-refractivity contribution in [3.05, 3.63) is 24.4 Å². The zero-order valence-corrected chi connectivity index (χ0v) is 11.3. The van der Waals surface area contributed by atoms with Gasteiger partial charge in [-0.05, 0) is 24.9 Å². The van der Waals surface area contributed by atoms with Crippen LogP contribution in [0.5, 0.6) is 11.5 Å². The van der Waals surface area contributed by atoms with Gasteiger partial charge in [0.05, 0.1) is 5.52 Å². The van der Waals surface area contributed by atoms with E-state index < -0.39 is 7.12 Å². The number of aromatic nitrogens is 1. The van der Waals surface area contributed by atoms with Crippen molar-refractivity contribution in [3.8, 4) is 11.5 Å². The zero-order valence-electron chi connectivity index (χ0n) is 11.3. The van der Waals surface area contributed by atoms with Gasteiger partial charge in [-0.25, -0.2) is 0 Å². The Labute approximate surface area is 117 Å². The van der Waals surface area contributed by atoms with Crippen LogP contribution in [0.3, 0.4) is 0 Å². The van der Waals surface area contributed by atoms with Crippen molar-refractivity contribution in [2.24, 2.45) is 0 Å². The molecule has 20 heavy (non-hydrogen) atoms. The van der Waals surface area contributed by atoms with Crippen molar-refractivity contribution in [1.82, 2.24) is 4.57 Å². The summed E-state index contributed by atoms with van der Waals surface area (Å²) in [4.78, 5) is 0. The van der Waals surface area contributed by atoms with Gasteiger partial charge in [0, 0.05) is 24.2 Å². The highest BCUT2D eigenvalue weighted by molar-refractivity contribution is 6.40. The summed E-state index contributed by atoms with van der Waals surface area (Å²) in [6.07, 6.45) is 5.36. The lowest BCUT2D eigenvalue weighted by Crippen LogP contribution is -2.09. The van der Waals surface area contributed by atoms with Gasteiger partial charge in [0.2, 0.25) is 6.79 Å². The zero-order chi connectivity index (χ0) is 13.9. The van der Waals surface area contributed by atoms with Crippen molar-refractivity contribution in [2.45, 2.75) is 32.1 Å². The number of hydrogen-bond acceptors (Lipinski definition) is 4. The summed E-state index contributed by atoms with van der Waals surface area (Å²) in [5, 5.41) is 18.7. The number of ether oxygens (including phenoxy) is 2. The molecule has 2 aromatic rings. The van der Waals surface area contributed by atoms with Gasteiger partial charge in [0.25, 0.3) is 0 Å². The summed E-state index contributed by atoms with van der Waals surface area (Å²) in [7, 11) is -1.18. The average molecular weight is 275 g/mol. The van der Waals surface area contributed by atoms with Crippen LogP contribution in [-0.2, 0) is 6.54 Å². The second-order valence-electron chi connectivity index (χ2n) is 5.10. The first-order valence-electron chi connectivity index (χ1n) is 6.98. The molecule has 2 heterocycles. The Morgan fingerprint density at radius 1 is 1.10 bits per heavy atom. The van der Waals surface area contributed by atoms with Crippen LogP contribution in [0.25, 0.3) is 10.9 Å². The molecule has 1 aromatic carbocycles. The second kappa shape index (κ2) is 5.77. The lowest BCUT2D eigenvalue weighted by Gasteiger charge is -2.06. The van der Waals surface area contributed by atoms with E-state index in [9.17, 15) is 0 Å². The molecule has 5 nitrogen and oxygen atoms in total. The molecule has 0 unspecified atom stereocenters. The maximum Gasteiger partial charge on any atom is 0.451 e. The number of rotatable bonds is 6. The van der Waals surface area contributed by atoms with Crippen molar-refractivity contribution in [3.63, 3.8) is 0 Å². The summed E-state index contributed by atoms with van der Waals surface area (Å²) in [5.41, 5.74) is 1.15. The van der Waals surface area contributed by atoms with Gasteiger partial charge in [0.15, 0.2) is 11.5 Å². The molecule has 1 aliphatic heterocycles. The number of nitrogens with zero attached hydrogens (tertiary/aromatic N) is 1. The minimum absolute atomic E-state index is 0.297. The first-order chi connectivity index (χ1) is 9.74. The Balaban J connectivity index is 1.64. The van der Waals surface area contributed by atoms with Crippen LogP contribution in [0.15, 0.2) is 24.4 Å². The molecule has 2 N–H and O–H groups in total. The van der Waals surface area contributed by atoms with Crippen LogP contribution in [-0.4, -0.2) is 28.5 Å².